The highest BCUT2D eigenvalue weighted by Gasteiger charge is 2.53. The number of carbonyl (C=O) groups is 4. The van der Waals surface area contributed by atoms with E-state index in [2.05, 4.69) is 27.8 Å². The van der Waals surface area contributed by atoms with Crippen molar-refractivity contribution in [3.63, 3.8) is 0 Å². The summed E-state index contributed by atoms with van der Waals surface area (Å²) in [4.78, 5) is 58.0. The maximum absolute atomic E-state index is 14.6. The molecule has 4 amide bonds. The van der Waals surface area contributed by atoms with Crippen molar-refractivity contribution in [2.45, 2.75) is 129 Å². The monoisotopic (exact) mass is 808 g/mol. The molecule has 1 saturated carbocycles. The number of nitrogens with two attached hydrogens (primary N) is 2. The molecule has 0 unspecified atom stereocenters. The second-order valence-electron chi connectivity index (χ2n) is 16.4. The molecule has 0 bridgehead atoms. The number of rotatable bonds is 19. The van der Waals surface area contributed by atoms with Crippen LogP contribution in [0.15, 0.2) is 48.0 Å². The van der Waals surface area contributed by atoms with Gasteiger partial charge in [-0.3, -0.25) is 19.2 Å². The Bertz CT molecular complexity index is 1880. The van der Waals surface area contributed by atoms with Crippen LogP contribution in [-0.2, 0) is 43.5 Å². The summed E-state index contributed by atoms with van der Waals surface area (Å²) in [5, 5.41) is 16.1. The number of nitrogens with zero attached hydrogens (tertiary/aromatic N) is 2. The number of hydrogen-bond donors (Lipinski definition) is 5. The first-order chi connectivity index (χ1) is 26.9. The average Bonchev–Trinajstić information content (AvgIpc) is 3.58. The number of ether oxygens (including phenoxy) is 2. The number of thiazole rings is 1. The summed E-state index contributed by atoms with van der Waals surface area (Å²) >= 11 is 1.53. The summed E-state index contributed by atoms with van der Waals surface area (Å²) < 4.78 is 26.8. The van der Waals surface area contributed by atoms with Crippen LogP contribution in [0.3, 0.4) is 0 Å². The molecule has 5 atom stereocenters. The van der Waals surface area contributed by atoms with Gasteiger partial charge in [0.25, 0.3) is 5.91 Å². The van der Waals surface area contributed by atoms with Gasteiger partial charge in [-0.15, -0.1) is 11.3 Å². The smallest absolute Gasteiger partial charge is 0.258 e. The highest BCUT2D eigenvalue weighted by Crippen LogP contribution is 2.40. The number of carbonyl (C=O) groups excluding carboxylic acids is 4. The van der Waals surface area contributed by atoms with Crippen LogP contribution in [0, 0.1) is 12.3 Å². The van der Waals surface area contributed by atoms with Crippen LogP contribution >= 0.6 is 11.3 Å². The van der Waals surface area contributed by atoms with Crippen LogP contribution in [0.2, 0.25) is 0 Å². The molecule has 57 heavy (non-hydrogen) atoms. The molecule has 1 saturated heterocycles. The third-order valence-electron chi connectivity index (χ3n) is 10.6. The average molecular weight is 809 g/mol. The number of aliphatic hydroxyl groups excluding tert-OH is 1. The van der Waals surface area contributed by atoms with Gasteiger partial charge in [-0.1, -0.05) is 57.2 Å². The number of aromatic nitrogens is 1. The predicted octanol–water partition coefficient (Wildman–Crippen LogP) is 4.24. The first-order valence-electron chi connectivity index (χ1n) is 19.6. The van der Waals surface area contributed by atoms with Gasteiger partial charge in [-0.25, -0.2) is 9.37 Å². The van der Waals surface area contributed by atoms with Gasteiger partial charge >= 0.3 is 0 Å². The Kier molecular flexibility index (Phi) is 14.5. The molecule has 1 aliphatic carbocycles. The lowest BCUT2D eigenvalue weighted by molar-refractivity contribution is -0.145. The zero-order chi connectivity index (χ0) is 41.5. The third-order valence-corrected chi connectivity index (χ3v) is 11.6. The van der Waals surface area contributed by atoms with E-state index in [-0.39, 0.29) is 56.8 Å². The molecule has 5 rings (SSSR count). The normalized spacial score (nSPS) is 19.1. The van der Waals surface area contributed by atoms with E-state index in [0.717, 1.165) is 45.7 Å². The maximum Gasteiger partial charge on any atom is 0.258 e. The van der Waals surface area contributed by atoms with Crippen LogP contribution in [0.1, 0.15) is 88.6 Å². The summed E-state index contributed by atoms with van der Waals surface area (Å²) in [6.45, 7) is 9.95. The highest BCUT2D eigenvalue weighted by molar-refractivity contribution is 7.13. The summed E-state index contributed by atoms with van der Waals surface area (Å²) in [5.41, 5.74) is 15.1. The topological polar surface area (TPSA) is 199 Å². The number of alkyl halides is 1. The molecule has 0 radical (unpaired) electrons. The minimum atomic E-state index is -1.97. The van der Waals surface area contributed by atoms with Crippen LogP contribution in [0.25, 0.3) is 10.4 Å². The number of β-amino-alcohol motifs (C(OH)–C–C–N with tert-alkyl or cyclic N) is 1. The van der Waals surface area contributed by atoms with Crippen LogP contribution in [0.4, 0.5) is 4.39 Å². The Labute approximate surface area is 338 Å². The molecule has 2 heterocycles. The van der Waals surface area contributed by atoms with Gasteiger partial charge in [0.15, 0.2) is 5.67 Å². The SMILES string of the molecule is Cc1ncsc1-c1ccc(CNC(=O)[C@@H]2C[C@@H](O)CN2C(=O)[C@@H](NC(=O)C2(F)CC2)C(C)(C)C)c(OCCCc2ccc(CO[C@H](C)[C@@H](N)CCC(N)=O)cc2)c1. The summed E-state index contributed by atoms with van der Waals surface area (Å²) in [6, 6.07) is 11.6. The Morgan fingerprint density at radius 3 is 2.46 bits per heavy atom. The van der Waals surface area contributed by atoms with Crippen molar-refractivity contribution >= 4 is 35.0 Å². The van der Waals surface area contributed by atoms with E-state index in [4.69, 9.17) is 20.9 Å². The molecule has 3 aromatic rings. The first kappa shape index (κ1) is 43.7. The molecule has 0 spiro atoms. The van der Waals surface area contributed by atoms with Crippen LogP contribution in [-0.4, -0.2) is 87.8 Å². The molecular formula is C42H57FN6O7S. The summed E-state index contributed by atoms with van der Waals surface area (Å²) in [5.74, 6) is -1.60. The van der Waals surface area contributed by atoms with Gasteiger partial charge in [0.1, 0.15) is 17.8 Å². The minimum absolute atomic E-state index is 0.0298. The van der Waals surface area contributed by atoms with Crippen molar-refractivity contribution in [1.82, 2.24) is 20.5 Å². The van der Waals surface area contributed by atoms with E-state index < -0.39 is 47.0 Å². The zero-order valence-electron chi connectivity index (χ0n) is 33.5. The predicted molar refractivity (Wildman–Crippen MR) is 216 cm³/mol. The Morgan fingerprint density at radius 1 is 1.12 bits per heavy atom. The Morgan fingerprint density at radius 2 is 1.82 bits per heavy atom. The van der Waals surface area contributed by atoms with Crippen molar-refractivity contribution in [3.05, 3.63) is 70.4 Å². The molecule has 1 aromatic heterocycles. The molecule has 2 aliphatic rings. The summed E-state index contributed by atoms with van der Waals surface area (Å²) in [7, 11) is 0. The van der Waals surface area contributed by atoms with E-state index in [9.17, 15) is 28.7 Å². The minimum Gasteiger partial charge on any atom is -0.493 e. The van der Waals surface area contributed by atoms with Crippen molar-refractivity contribution < 1.29 is 38.1 Å². The second-order valence-corrected chi connectivity index (χ2v) is 17.2. The number of hydrogen-bond acceptors (Lipinski definition) is 10. The van der Waals surface area contributed by atoms with Gasteiger partial charge in [0, 0.05) is 37.5 Å². The quantitative estimate of drug-likeness (QED) is 0.110. The molecule has 1 aliphatic heterocycles. The van der Waals surface area contributed by atoms with Gasteiger partial charge in [-0.05, 0) is 74.1 Å². The number of benzene rings is 2. The lowest BCUT2D eigenvalue weighted by Crippen LogP contribution is -2.59. The number of halogens is 1. The fourth-order valence-corrected chi connectivity index (χ4v) is 7.53. The van der Waals surface area contributed by atoms with Crippen LogP contribution in [0.5, 0.6) is 5.75 Å². The fourth-order valence-electron chi connectivity index (χ4n) is 6.73. The van der Waals surface area contributed by atoms with E-state index in [1.165, 1.54) is 16.2 Å². The van der Waals surface area contributed by atoms with Crippen molar-refractivity contribution in [2.24, 2.45) is 16.9 Å². The number of likely N-dealkylation sites (tertiary alicyclic amines) is 1. The molecule has 310 valence electrons. The first-order valence-corrected chi connectivity index (χ1v) is 20.5. The van der Waals surface area contributed by atoms with E-state index in [0.29, 0.717) is 25.4 Å². The lowest BCUT2D eigenvalue weighted by Gasteiger charge is -2.35. The standard InChI is InChI=1S/C42H57FN6O7S/c1-25-36(57-24-47-25)29-12-13-30(34(19-29)55-18-6-7-27-8-10-28(11-9-27)23-56-26(2)32(44)14-15-35(45)51)21-46-38(52)33-20-31(50)22-49(33)39(53)37(41(3,4)5)48-40(54)42(43)16-17-42/h8-13,19,24,26,31-33,37,50H,6-7,14-18,20-23,44H2,1-5H3,(H2,45,51)(H,46,52)(H,48,54)/t26-,31-,32+,33+,37-/m1/s1. The van der Waals surface area contributed by atoms with Crippen molar-refractivity contribution in [3.8, 4) is 16.2 Å². The van der Waals surface area contributed by atoms with Crippen molar-refractivity contribution in [2.75, 3.05) is 13.2 Å². The van der Waals surface area contributed by atoms with E-state index >= 15 is 0 Å². The number of aryl methyl sites for hydroxylation is 2. The lowest BCUT2D eigenvalue weighted by atomic mass is 9.85. The Balaban J connectivity index is 1.19. The van der Waals surface area contributed by atoms with Crippen molar-refractivity contribution in [1.29, 1.82) is 0 Å². The zero-order valence-corrected chi connectivity index (χ0v) is 34.3. The number of aliphatic hydroxyl groups is 1. The van der Waals surface area contributed by atoms with E-state index in [1.54, 1.807) is 26.3 Å². The molecule has 13 nitrogen and oxygen atoms in total. The Hall–Kier alpha value is -4.44. The van der Waals surface area contributed by atoms with Crippen LogP contribution < -0.4 is 26.8 Å². The molecule has 7 N–H and O–H groups in total. The highest BCUT2D eigenvalue weighted by atomic mass is 32.1. The molecule has 2 fully saturated rings. The number of primary amides is 1. The molecular weight excluding hydrogens is 752 g/mol. The molecule has 15 heteroatoms. The molecule has 2 aromatic carbocycles. The number of nitrogens with one attached hydrogen (secondary N) is 2. The van der Waals surface area contributed by atoms with Gasteiger partial charge < -0.3 is 41.6 Å². The summed E-state index contributed by atoms with van der Waals surface area (Å²) in [6.07, 6.45) is 1.28. The third kappa shape index (κ3) is 11.8. The number of amides is 4. The van der Waals surface area contributed by atoms with Gasteiger partial charge in [0.05, 0.1) is 41.5 Å². The largest absolute Gasteiger partial charge is 0.493 e. The fraction of sp³-hybridized carbons (Fsp3) is 0.548. The van der Waals surface area contributed by atoms with Gasteiger partial charge in [-0.2, -0.15) is 0 Å². The second kappa shape index (κ2) is 18.9. The van der Waals surface area contributed by atoms with E-state index in [1.807, 2.05) is 44.2 Å². The maximum atomic E-state index is 14.6. The van der Waals surface area contributed by atoms with Gasteiger partial charge in [0.2, 0.25) is 17.7 Å².